The number of halogens is 2. The number of pyridine rings is 1. The molecule has 0 unspecified atom stereocenters. The van der Waals surface area contributed by atoms with Crippen molar-refractivity contribution in [2.75, 3.05) is 44.9 Å². The number of anilines is 1. The summed E-state index contributed by atoms with van der Waals surface area (Å²) in [6, 6.07) is 9.39. The number of nitrogens with zero attached hydrogens (tertiary/aromatic N) is 5. The Morgan fingerprint density at radius 3 is 2.74 bits per heavy atom. The lowest BCUT2D eigenvalue weighted by Crippen LogP contribution is -2.51. The van der Waals surface area contributed by atoms with Gasteiger partial charge in [0.05, 0.1) is 23.1 Å². The summed E-state index contributed by atoms with van der Waals surface area (Å²) in [4.78, 5) is 18.8. The Morgan fingerprint density at radius 1 is 1.13 bits per heavy atom. The van der Waals surface area contributed by atoms with Crippen molar-refractivity contribution in [2.45, 2.75) is 55.8 Å². The fraction of sp³-hybridized carbons (Fsp3) is 0.417. The van der Waals surface area contributed by atoms with Gasteiger partial charge in [0, 0.05) is 62.0 Å². The molecule has 0 spiro atoms. The largest absolute Gasteiger partial charge is 0.461 e. The fourth-order valence-corrected chi connectivity index (χ4v) is 8.32. The Morgan fingerprint density at radius 2 is 1.96 bits per heavy atom. The van der Waals surface area contributed by atoms with Crippen LogP contribution in [0.1, 0.15) is 37.7 Å². The van der Waals surface area contributed by atoms with Gasteiger partial charge in [-0.1, -0.05) is 42.3 Å². The van der Waals surface area contributed by atoms with E-state index < -0.39 is 11.6 Å². The van der Waals surface area contributed by atoms with Gasteiger partial charge >= 0.3 is 6.01 Å². The zero-order valence-electron chi connectivity index (χ0n) is 25.9. The number of rotatable bonds is 7. The highest BCUT2D eigenvalue weighted by Gasteiger charge is 2.51. The van der Waals surface area contributed by atoms with Gasteiger partial charge in [0.25, 0.3) is 0 Å². The summed E-state index contributed by atoms with van der Waals surface area (Å²) in [5, 5.41) is 5.30. The molecule has 236 valence electrons. The molecule has 4 aromatic rings. The molecule has 4 atom stereocenters. The van der Waals surface area contributed by atoms with Crippen molar-refractivity contribution in [3.8, 4) is 29.6 Å². The molecule has 46 heavy (non-hydrogen) atoms. The molecular formula is C36H36F2N6O2. The van der Waals surface area contributed by atoms with Crippen LogP contribution in [0.5, 0.6) is 6.01 Å². The Balaban J connectivity index is 1.24. The average Bonchev–Trinajstić information content (AvgIpc) is 3.69. The molecule has 4 aliphatic heterocycles. The van der Waals surface area contributed by atoms with Crippen molar-refractivity contribution in [3.05, 3.63) is 65.9 Å². The molecule has 4 saturated heterocycles. The van der Waals surface area contributed by atoms with Crippen molar-refractivity contribution >= 4 is 27.5 Å². The number of fused-ring (bicyclic) bond motifs is 5. The van der Waals surface area contributed by atoms with Crippen molar-refractivity contribution in [1.29, 1.82) is 0 Å². The third kappa shape index (κ3) is 4.72. The predicted octanol–water partition coefficient (Wildman–Crippen LogP) is 5.23. The zero-order chi connectivity index (χ0) is 31.6. The topological polar surface area (TPSA) is 75.6 Å². The molecule has 8 nitrogen and oxygen atoms in total. The SMILES string of the molecule is C#Cc1c(F)ccc2cccc(-c3ncc4c(N5C[C@H]6CC[C@@H](C5)N6)nc(OC[C@@]56CC[C@@H](COC)N5CC(=C)C6)nc4c3F)c12. The first-order valence-electron chi connectivity index (χ1n) is 16.0. The first-order valence-corrected chi connectivity index (χ1v) is 16.0. The number of piperazine rings is 1. The Bertz CT molecular complexity index is 1910. The highest BCUT2D eigenvalue weighted by Crippen LogP contribution is 2.45. The molecule has 10 heteroatoms. The molecule has 2 aromatic heterocycles. The summed E-state index contributed by atoms with van der Waals surface area (Å²) >= 11 is 0. The molecule has 0 saturated carbocycles. The number of terminal acetylenes is 1. The summed E-state index contributed by atoms with van der Waals surface area (Å²) in [6.45, 7) is 7.59. The first-order chi connectivity index (χ1) is 22.4. The van der Waals surface area contributed by atoms with Gasteiger partial charge in [-0.25, -0.2) is 8.78 Å². The lowest BCUT2D eigenvalue weighted by Gasteiger charge is -2.35. The van der Waals surface area contributed by atoms with E-state index in [1.165, 1.54) is 11.6 Å². The highest BCUT2D eigenvalue weighted by atomic mass is 19.1. The number of ether oxygens (including phenoxy) is 2. The lowest BCUT2D eigenvalue weighted by atomic mass is 9.94. The molecule has 6 heterocycles. The summed E-state index contributed by atoms with van der Waals surface area (Å²) < 4.78 is 43.6. The number of benzene rings is 2. The van der Waals surface area contributed by atoms with E-state index in [4.69, 9.17) is 20.9 Å². The molecule has 2 aromatic carbocycles. The van der Waals surface area contributed by atoms with Gasteiger partial charge in [-0.2, -0.15) is 9.97 Å². The molecule has 1 N–H and O–H groups in total. The summed E-state index contributed by atoms with van der Waals surface area (Å²) in [5.74, 6) is 1.90. The van der Waals surface area contributed by atoms with E-state index in [2.05, 4.69) is 37.6 Å². The van der Waals surface area contributed by atoms with E-state index in [-0.39, 0.29) is 28.3 Å². The van der Waals surface area contributed by atoms with Crippen LogP contribution in [0, 0.1) is 24.0 Å². The standard InChI is InChI=1S/C36H36F2N6O2/c1-4-26-29(37)11-8-22-6-5-7-27(30(22)26)32-31(38)33-28(15-39-32)34(43-17-23-9-10-24(18-43)40-23)42-35(41-33)46-20-36-13-12-25(19-45-3)44(36)16-21(2)14-36/h1,5-8,11,15,23-25,40H,2,9-10,12-14,16-20H2,3H3/t23-,24+,25-,36-/m0/s1. The average molecular weight is 623 g/mol. The second-order valence-electron chi connectivity index (χ2n) is 13.2. The molecule has 8 rings (SSSR count). The molecule has 0 amide bonds. The van der Waals surface area contributed by atoms with E-state index >= 15 is 4.39 Å². The monoisotopic (exact) mass is 622 g/mol. The first kappa shape index (κ1) is 29.2. The van der Waals surface area contributed by atoms with E-state index in [0.29, 0.717) is 58.9 Å². The number of hydrogen-bond donors (Lipinski definition) is 1. The van der Waals surface area contributed by atoms with Crippen LogP contribution in [0.4, 0.5) is 14.6 Å². The maximum Gasteiger partial charge on any atom is 0.319 e. The maximum atomic E-state index is 16.8. The van der Waals surface area contributed by atoms with Gasteiger partial charge in [-0.15, -0.1) is 6.42 Å². The third-order valence-corrected chi connectivity index (χ3v) is 10.3. The van der Waals surface area contributed by atoms with Crippen molar-refractivity contribution in [1.82, 2.24) is 25.2 Å². The lowest BCUT2D eigenvalue weighted by molar-refractivity contribution is 0.0522. The maximum absolute atomic E-state index is 16.8. The van der Waals surface area contributed by atoms with Crippen LogP contribution in [0.15, 0.2) is 48.7 Å². The minimum atomic E-state index is -0.626. The predicted molar refractivity (Wildman–Crippen MR) is 174 cm³/mol. The third-order valence-electron chi connectivity index (χ3n) is 10.3. The van der Waals surface area contributed by atoms with Crippen LogP contribution in [0.2, 0.25) is 0 Å². The normalized spacial score (nSPS) is 25.8. The van der Waals surface area contributed by atoms with Crippen molar-refractivity contribution in [2.24, 2.45) is 0 Å². The van der Waals surface area contributed by atoms with Crippen molar-refractivity contribution < 1.29 is 18.3 Å². The van der Waals surface area contributed by atoms with Gasteiger partial charge in [-0.3, -0.25) is 9.88 Å². The molecule has 4 aliphatic rings. The van der Waals surface area contributed by atoms with Gasteiger partial charge in [0.1, 0.15) is 29.5 Å². The van der Waals surface area contributed by atoms with Crippen molar-refractivity contribution in [3.63, 3.8) is 0 Å². The van der Waals surface area contributed by atoms with Crippen LogP contribution in [0.3, 0.4) is 0 Å². The van der Waals surface area contributed by atoms with Gasteiger partial charge in [0.2, 0.25) is 0 Å². The summed E-state index contributed by atoms with van der Waals surface area (Å²) in [6.07, 6.45) is 12.3. The number of nitrogens with one attached hydrogen (secondary N) is 1. The second-order valence-corrected chi connectivity index (χ2v) is 13.2. The zero-order valence-corrected chi connectivity index (χ0v) is 25.9. The molecule has 0 aliphatic carbocycles. The van der Waals surface area contributed by atoms with Crippen LogP contribution in [-0.2, 0) is 4.74 Å². The quantitative estimate of drug-likeness (QED) is 0.222. The van der Waals surface area contributed by atoms with E-state index in [1.54, 1.807) is 31.5 Å². The molecular weight excluding hydrogens is 586 g/mol. The Hall–Kier alpha value is -4.17. The van der Waals surface area contributed by atoms with Gasteiger partial charge < -0.3 is 19.7 Å². The Kier molecular flexibility index (Phi) is 7.16. The van der Waals surface area contributed by atoms with Crippen LogP contribution < -0.4 is 15.0 Å². The summed E-state index contributed by atoms with van der Waals surface area (Å²) in [7, 11) is 1.73. The minimum absolute atomic E-state index is 0.0474. The second kappa shape index (κ2) is 11.3. The van der Waals surface area contributed by atoms with Crippen LogP contribution in [-0.4, -0.2) is 83.5 Å². The molecule has 0 radical (unpaired) electrons. The van der Waals surface area contributed by atoms with Gasteiger partial charge in [0.15, 0.2) is 5.82 Å². The van der Waals surface area contributed by atoms with E-state index in [0.717, 1.165) is 51.7 Å². The fourth-order valence-electron chi connectivity index (χ4n) is 8.32. The number of methoxy groups -OCH3 is 1. The van der Waals surface area contributed by atoms with Gasteiger partial charge in [-0.05, 0) is 43.6 Å². The van der Waals surface area contributed by atoms with Crippen LogP contribution in [0.25, 0.3) is 32.9 Å². The van der Waals surface area contributed by atoms with E-state index in [1.807, 2.05) is 6.07 Å². The summed E-state index contributed by atoms with van der Waals surface area (Å²) in [5.41, 5.74) is 1.57. The van der Waals surface area contributed by atoms with E-state index in [9.17, 15) is 4.39 Å². The highest BCUT2D eigenvalue weighted by molar-refractivity contribution is 6.02. The number of hydrogen-bond acceptors (Lipinski definition) is 8. The molecule has 4 fully saturated rings. The van der Waals surface area contributed by atoms with Crippen LogP contribution >= 0.6 is 0 Å². The molecule has 2 bridgehead atoms. The minimum Gasteiger partial charge on any atom is -0.461 e. The number of aromatic nitrogens is 3. The smallest absolute Gasteiger partial charge is 0.319 e. The Labute approximate surface area is 266 Å².